The summed E-state index contributed by atoms with van der Waals surface area (Å²) in [5.74, 6) is 0.349. The maximum atomic E-state index is 11.8. The number of hydrogen-bond acceptors (Lipinski definition) is 3. The Hall–Kier alpha value is -1.35. The first kappa shape index (κ1) is 13.7. The molecule has 0 saturated heterocycles. The first-order valence-electron chi connectivity index (χ1n) is 6.22. The van der Waals surface area contributed by atoms with E-state index in [0.29, 0.717) is 12.0 Å². The fourth-order valence-electron chi connectivity index (χ4n) is 1.79. The van der Waals surface area contributed by atoms with Crippen LogP contribution in [0.15, 0.2) is 24.3 Å². The Morgan fingerprint density at radius 1 is 1.18 bits per heavy atom. The van der Waals surface area contributed by atoms with Crippen molar-refractivity contribution in [3.8, 4) is 5.75 Å². The van der Waals surface area contributed by atoms with Gasteiger partial charge in [0.15, 0.2) is 5.78 Å². The summed E-state index contributed by atoms with van der Waals surface area (Å²) in [4.78, 5) is 14.1. The quantitative estimate of drug-likeness (QED) is 0.739. The molecular weight excluding hydrogens is 214 g/mol. The summed E-state index contributed by atoms with van der Waals surface area (Å²) in [5, 5.41) is 9.13. The van der Waals surface area contributed by atoms with Crippen molar-refractivity contribution >= 4 is 5.78 Å². The van der Waals surface area contributed by atoms with Crippen molar-refractivity contribution in [1.29, 1.82) is 0 Å². The van der Waals surface area contributed by atoms with Gasteiger partial charge < -0.3 is 10.0 Å². The van der Waals surface area contributed by atoms with Gasteiger partial charge in [-0.25, -0.2) is 0 Å². The van der Waals surface area contributed by atoms with E-state index in [9.17, 15) is 4.79 Å². The van der Waals surface area contributed by atoms with Crippen LogP contribution in [-0.4, -0.2) is 35.4 Å². The molecule has 3 nitrogen and oxygen atoms in total. The van der Waals surface area contributed by atoms with E-state index in [1.165, 1.54) is 0 Å². The standard InChI is InChI=1S/C14H21NO2/c1-3-15(4-2)11-5-6-14(17)12-7-9-13(16)10-8-12/h7-10,16H,3-6,11H2,1-2H3. The summed E-state index contributed by atoms with van der Waals surface area (Å²) in [7, 11) is 0. The fraction of sp³-hybridized carbons (Fsp3) is 0.500. The molecule has 3 heteroatoms. The van der Waals surface area contributed by atoms with Crippen LogP contribution in [0.3, 0.4) is 0 Å². The van der Waals surface area contributed by atoms with Crippen LogP contribution >= 0.6 is 0 Å². The minimum Gasteiger partial charge on any atom is -0.508 e. The number of Topliss-reactive ketones (excluding diaryl/α,β-unsaturated/α-hetero) is 1. The van der Waals surface area contributed by atoms with Gasteiger partial charge >= 0.3 is 0 Å². The molecule has 0 fully saturated rings. The number of hydrogen-bond donors (Lipinski definition) is 1. The molecule has 0 aromatic heterocycles. The Balaban J connectivity index is 2.37. The number of carbonyl (C=O) groups excluding carboxylic acids is 1. The van der Waals surface area contributed by atoms with Gasteiger partial charge in [0.1, 0.15) is 5.75 Å². The molecule has 0 spiro atoms. The van der Waals surface area contributed by atoms with Gasteiger partial charge in [-0.1, -0.05) is 13.8 Å². The Morgan fingerprint density at radius 2 is 1.76 bits per heavy atom. The summed E-state index contributed by atoms with van der Waals surface area (Å²) in [5.41, 5.74) is 0.683. The zero-order valence-corrected chi connectivity index (χ0v) is 10.6. The molecule has 17 heavy (non-hydrogen) atoms. The number of aromatic hydroxyl groups is 1. The number of phenolic OH excluding ortho intramolecular Hbond substituents is 1. The summed E-state index contributed by atoms with van der Waals surface area (Å²) in [6.45, 7) is 7.29. The van der Waals surface area contributed by atoms with Crippen molar-refractivity contribution in [3.05, 3.63) is 29.8 Å². The van der Waals surface area contributed by atoms with Crippen molar-refractivity contribution < 1.29 is 9.90 Å². The second-order valence-corrected chi connectivity index (χ2v) is 4.10. The van der Waals surface area contributed by atoms with E-state index < -0.39 is 0 Å². The fourth-order valence-corrected chi connectivity index (χ4v) is 1.79. The van der Waals surface area contributed by atoms with Gasteiger partial charge in [0.25, 0.3) is 0 Å². The molecule has 0 bridgehead atoms. The molecule has 0 radical (unpaired) electrons. The van der Waals surface area contributed by atoms with Crippen molar-refractivity contribution in [2.24, 2.45) is 0 Å². The lowest BCUT2D eigenvalue weighted by Crippen LogP contribution is -2.24. The van der Waals surface area contributed by atoms with Crippen LogP contribution in [0.4, 0.5) is 0 Å². The molecule has 0 aliphatic heterocycles. The highest BCUT2D eigenvalue weighted by Crippen LogP contribution is 2.12. The van der Waals surface area contributed by atoms with Gasteiger partial charge in [0.2, 0.25) is 0 Å². The first-order valence-corrected chi connectivity index (χ1v) is 6.22. The Bertz CT molecular complexity index is 342. The van der Waals surface area contributed by atoms with E-state index in [1.54, 1.807) is 24.3 Å². The van der Waals surface area contributed by atoms with Crippen molar-refractivity contribution in [3.63, 3.8) is 0 Å². The topological polar surface area (TPSA) is 40.5 Å². The van der Waals surface area contributed by atoms with Gasteiger partial charge in [-0.05, 0) is 50.3 Å². The second-order valence-electron chi connectivity index (χ2n) is 4.10. The molecule has 0 saturated carbocycles. The number of ketones is 1. The van der Waals surface area contributed by atoms with Gasteiger partial charge in [-0.2, -0.15) is 0 Å². The number of carbonyl (C=O) groups is 1. The minimum absolute atomic E-state index is 0.150. The third-order valence-electron chi connectivity index (χ3n) is 2.96. The highest BCUT2D eigenvalue weighted by atomic mass is 16.3. The molecule has 0 aliphatic rings. The smallest absolute Gasteiger partial charge is 0.162 e. The van der Waals surface area contributed by atoms with Crippen LogP contribution in [-0.2, 0) is 0 Å². The summed E-state index contributed by atoms with van der Waals surface area (Å²) < 4.78 is 0. The molecule has 0 aliphatic carbocycles. The van der Waals surface area contributed by atoms with Gasteiger partial charge in [-0.3, -0.25) is 4.79 Å². The predicted molar refractivity (Wildman–Crippen MR) is 69.5 cm³/mol. The van der Waals surface area contributed by atoms with Crippen LogP contribution in [0, 0.1) is 0 Å². The molecule has 1 rings (SSSR count). The number of phenols is 1. The van der Waals surface area contributed by atoms with Gasteiger partial charge in [0.05, 0.1) is 0 Å². The van der Waals surface area contributed by atoms with E-state index in [4.69, 9.17) is 5.11 Å². The zero-order chi connectivity index (χ0) is 12.7. The van der Waals surface area contributed by atoms with Crippen molar-refractivity contribution in [2.45, 2.75) is 26.7 Å². The first-order chi connectivity index (χ1) is 8.17. The molecule has 94 valence electrons. The lowest BCUT2D eigenvalue weighted by atomic mass is 10.1. The molecule has 0 atom stereocenters. The predicted octanol–water partition coefficient (Wildman–Crippen LogP) is 2.70. The maximum absolute atomic E-state index is 11.8. The van der Waals surface area contributed by atoms with Crippen molar-refractivity contribution in [1.82, 2.24) is 4.90 Å². The SMILES string of the molecule is CCN(CC)CCCC(=O)c1ccc(O)cc1. The van der Waals surface area contributed by atoms with E-state index in [-0.39, 0.29) is 11.5 Å². The Morgan fingerprint density at radius 3 is 2.29 bits per heavy atom. The molecule has 0 heterocycles. The van der Waals surface area contributed by atoms with Crippen LogP contribution in [0.2, 0.25) is 0 Å². The van der Waals surface area contributed by atoms with E-state index >= 15 is 0 Å². The lowest BCUT2D eigenvalue weighted by molar-refractivity contribution is 0.0975. The molecular formula is C14H21NO2. The molecule has 1 N–H and O–H groups in total. The zero-order valence-electron chi connectivity index (χ0n) is 10.6. The molecule has 1 aromatic carbocycles. The number of nitrogens with zero attached hydrogens (tertiary/aromatic N) is 1. The molecule has 0 unspecified atom stereocenters. The highest BCUT2D eigenvalue weighted by Gasteiger charge is 2.06. The monoisotopic (exact) mass is 235 g/mol. The summed E-state index contributed by atoms with van der Waals surface area (Å²) in [6.07, 6.45) is 1.46. The van der Waals surface area contributed by atoms with Crippen LogP contribution in [0.25, 0.3) is 0 Å². The highest BCUT2D eigenvalue weighted by molar-refractivity contribution is 5.96. The van der Waals surface area contributed by atoms with Crippen LogP contribution in [0.1, 0.15) is 37.0 Å². The maximum Gasteiger partial charge on any atom is 0.162 e. The Labute approximate surface area is 103 Å². The summed E-state index contributed by atoms with van der Waals surface area (Å²) >= 11 is 0. The van der Waals surface area contributed by atoms with Crippen LogP contribution < -0.4 is 0 Å². The van der Waals surface area contributed by atoms with E-state index in [1.807, 2.05) is 0 Å². The van der Waals surface area contributed by atoms with E-state index in [2.05, 4.69) is 18.7 Å². The average molecular weight is 235 g/mol. The van der Waals surface area contributed by atoms with E-state index in [0.717, 1.165) is 26.1 Å². The van der Waals surface area contributed by atoms with Crippen molar-refractivity contribution in [2.75, 3.05) is 19.6 Å². The molecule has 0 amide bonds. The summed E-state index contributed by atoms with van der Waals surface area (Å²) in [6, 6.07) is 6.46. The normalized spacial score (nSPS) is 10.8. The third-order valence-corrected chi connectivity index (χ3v) is 2.96. The minimum atomic E-state index is 0.150. The van der Waals surface area contributed by atoms with Gasteiger partial charge in [0, 0.05) is 12.0 Å². The average Bonchev–Trinajstić information content (AvgIpc) is 2.35. The van der Waals surface area contributed by atoms with Crippen LogP contribution in [0.5, 0.6) is 5.75 Å². The Kier molecular flexibility index (Phi) is 5.70. The third kappa shape index (κ3) is 4.57. The van der Waals surface area contributed by atoms with Gasteiger partial charge in [-0.15, -0.1) is 0 Å². The molecule has 1 aromatic rings. The number of rotatable bonds is 7. The lowest BCUT2D eigenvalue weighted by Gasteiger charge is -2.17. The largest absolute Gasteiger partial charge is 0.508 e. The number of benzene rings is 1. The second kappa shape index (κ2) is 7.07.